The second-order valence-electron chi connectivity index (χ2n) is 5.15. The number of hydrogen-bond acceptors (Lipinski definition) is 2. The molecule has 0 spiro atoms. The van der Waals surface area contributed by atoms with Crippen LogP contribution in [0, 0.1) is 0 Å². The maximum Gasteiger partial charge on any atom is 0.0300 e. The minimum Gasteiger partial charge on any atom is -0.312 e. The summed E-state index contributed by atoms with van der Waals surface area (Å²) < 4.78 is 0. The van der Waals surface area contributed by atoms with Crippen molar-refractivity contribution in [2.45, 2.75) is 52.1 Å². The molecule has 1 atom stereocenters. The minimum absolute atomic E-state index is 0.186. The molecule has 15 heavy (non-hydrogen) atoms. The second-order valence-corrected chi connectivity index (χ2v) is 5.15. The van der Waals surface area contributed by atoms with Crippen LogP contribution in [-0.4, -0.2) is 37.1 Å². The van der Waals surface area contributed by atoms with Gasteiger partial charge < -0.3 is 10.2 Å². The van der Waals surface area contributed by atoms with E-state index in [9.17, 15) is 0 Å². The Morgan fingerprint density at radius 3 is 2.27 bits per heavy atom. The molecule has 0 heterocycles. The van der Waals surface area contributed by atoms with Crippen LogP contribution in [0.3, 0.4) is 0 Å². The molecule has 0 saturated carbocycles. The second kappa shape index (κ2) is 6.29. The molecule has 0 aromatic rings. The first-order valence-corrected chi connectivity index (χ1v) is 5.87. The largest absolute Gasteiger partial charge is 0.312 e. The van der Waals surface area contributed by atoms with Crippen molar-refractivity contribution in [3.8, 4) is 0 Å². The van der Waals surface area contributed by atoms with Gasteiger partial charge in [-0.1, -0.05) is 12.5 Å². The SMILES string of the molecule is C=C(C)CCC(NCC)C(C)(C)N(C)C. The third-order valence-electron chi connectivity index (χ3n) is 3.32. The number of rotatable bonds is 7. The molecule has 1 N–H and O–H groups in total. The fourth-order valence-corrected chi connectivity index (χ4v) is 1.65. The van der Waals surface area contributed by atoms with Crippen molar-refractivity contribution in [2.75, 3.05) is 20.6 Å². The summed E-state index contributed by atoms with van der Waals surface area (Å²) in [6, 6.07) is 0.522. The average Bonchev–Trinajstić information content (AvgIpc) is 2.11. The van der Waals surface area contributed by atoms with Gasteiger partial charge in [0.25, 0.3) is 0 Å². The molecule has 2 nitrogen and oxygen atoms in total. The van der Waals surface area contributed by atoms with E-state index < -0.39 is 0 Å². The van der Waals surface area contributed by atoms with Gasteiger partial charge in [-0.15, -0.1) is 6.58 Å². The zero-order valence-electron chi connectivity index (χ0n) is 11.4. The van der Waals surface area contributed by atoms with Crippen molar-refractivity contribution in [1.29, 1.82) is 0 Å². The lowest BCUT2D eigenvalue weighted by atomic mass is 9.88. The maximum atomic E-state index is 3.97. The van der Waals surface area contributed by atoms with E-state index in [2.05, 4.69) is 58.6 Å². The van der Waals surface area contributed by atoms with Gasteiger partial charge in [0.2, 0.25) is 0 Å². The Balaban J connectivity index is 4.43. The van der Waals surface area contributed by atoms with Gasteiger partial charge in [0.05, 0.1) is 0 Å². The predicted octanol–water partition coefficient (Wildman–Crippen LogP) is 2.66. The Bertz CT molecular complexity index is 195. The third kappa shape index (κ3) is 4.80. The normalized spacial score (nSPS) is 14.3. The Kier molecular flexibility index (Phi) is 6.15. The average molecular weight is 212 g/mol. The molecule has 0 rings (SSSR count). The molecule has 0 saturated heterocycles. The maximum absolute atomic E-state index is 3.97. The van der Waals surface area contributed by atoms with E-state index in [4.69, 9.17) is 0 Å². The topological polar surface area (TPSA) is 15.3 Å². The first kappa shape index (κ1) is 14.7. The first-order chi connectivity index (χ1) is 6.82. The zero-order valence-corrected chi connectivity index (χ0v) is 11.4. The first-order valence-electron chi connectivity index (χ1n) is 5.87. The number of allylic oxidation sites excluding steroid dienone is 1. The van der Waals surface area contributed by atoms with E-state index in [-0.39, 0.29) is 5.54 Å². The van der Waals surface area contributed by atoms with Crippen LogP contribution in [0.15, 0.2) is 12.2 Å². The highest BCUT2D eigenvalue weighted by Gasteiger charge is 2.30. The van der Waals surface area contributed by atoms with E-state index >= 15 is 0 Å². The molecule has 0 aliphatic heterocycles. The van der Waals surface area contributed by atoms with Gasteiger partial charge in [-0.2, -0.15) is 0 Å². The monoisotopic (exact) mass is 212 g/mol. The molecule has 0 aromatic heterocycles. The van der Waals surface area contributed by atoms with Gasteiger partial charge in [-0.05, 0) is 54.3 Å². The van der Waals surface area contributed by atoms with Crippen molar-refractivity contribution >= 4 is 0 Å². The molecule has 0 aromatic carbocycles. The molecule has 0 aliphatic carbocycles. The van der Waals surface area contributed by atoms with Crippen molar-refractivity contribution in [1.82, 2.24) is 10.2 Å². The van der Waals surface area contributed by atoms with Crippen LogP contribution >= 0.6 is 0 Å². The number of likely N-dealkylation sites (N-methyl/N-ethyl adjacent to an activating group) is 2. The van der Waals surface area contributed by atoms with Gasteiger partial charge >= 0.3 is 0 Å². The fraction of sp³-hybridized carbons (Fsp3) is 0.846. The lowest BCUT2D eigenvalue weighted by Crippen LogP contribution is -2.55. The Labute approximate surface area is 95.7 Å². The van der Waals surface area contributed by atoms with E-state index in [0.29, 0.717) is 6.04 Å². The standard InChI is InChI=1S/C13H28N2/c1-8-14-12(10-9-11(2)3)13(4,5)15(6)7/h12,14H,2,8-10H2,1,3-7H3. The summed E-state index contributed by atoms with van der Waals surface area (Å²) in [6.45, 7) is 13.8. The van der Waals surface area contributed by atoms with Crippen molar-refractivity contribution in [3.63, 3.8) is 0 Å². The lowest BCUT2D eigenvalue weighted by Gasteiger charge is -2.40. The summed E-state index contributed by atoms with van der Waals surface area (Å²) in [6.07, 6.45) is 2.27. The number of nitrogens with zero attached hydrogens (tertiary/aromatic N) is 1. The molecule has 0 amide bonds. The van der Waals surface area contributed by atoms with Crippen molar-refractivity contribution in [3.05, 3.63) is 12.2 Å². The third-order valence-corrected chi connectivity index (χ3v) is 3.32. The van der Waals surface area contributed by atoms with Crippen molar-refractivity contribution in [2.24, 2.45) is 0 Å². The highest BCUT2D eigenvalue weighted by Crippen LogP contribution is 2.20. The zero-order chi connectivity index (χ0) is 12.1. The summed E-state index contributed by atoms with van der Waals surface area (Å²) in [4.78, 5) is 2.29. The van der Waals surface area contributed by atoms with Crippen LogP contribution in [-0.2, 0) is 0 Å². The van der Waals surface area contributed by atoms with Gasteiger partial charge in [0.15, 0.2) is 0 Å². The lowest BCUT2D eigenvalue weighted by molar-refractivity contribution is 0.133. The number of hydrogen-bond donors (Lipinski definition) is 1. The smallest absolute Gasteiger partial charge is 0.0300 e. The quantitative estimate of drug-likeness (QED) is 0.653. The summed E-state index contributed by atoms with van der Waals surface area (Å²) in [5.74, 6) is 0. The molecule has 1 unspecified atom stereocenters. The highest BCUT2D eigenvalue weighted by molar-refractivity contribution is 4.96. The molecular formula is C13H28N2. The molecule has 2 heteroatoms. The summed E-state index contributed by atoms with van der Waals surface area (Å²) in [7, 11) is 4.29. The van der Waals surface area contributed by atoms with Crippen LogP contribution in [0.2, 0.25) is 0 Å². The molecule has 0 bridgehead atoms. The molecule has 0 fully saturated rings. The van der Waals surface area contributed by atoms with Crippen molar-refractivity contribution < 1.29 is 0 Å². The van der Waals surface area contributed by atoms with Crippen LogP contribution in [0.1, 0.15) is 40.5 Å². The van der Waals surface area contributed by atoms with Crippen LogP contribution in [0.25, 0.3) is 0 Å². The Hall–Kier alpha value is -0.340. The molecule has 0 radical (unpaired) electrons. The van der Waals surface area contributed by atoms with Gasteiger partial charge in [0, 0.05) is 11.6 Å². The Morgan fingerprint density at radius 2 is 1.93 bits per heavy atom. The summed E-state index contributed by atoms with van der Waals surface area (Å²) >= 11 is 0. The molecular weight excluding hydrogens is 184 g/mol. The Morgan fingerprint density at radius 1 is 1.40 bits per heavy atom. The van der Waals surface area contributed by atoms with Crippen LogP contribution < -0.4 is 5.32 Å². The highest BCUT2D eigenvalue weighted by atomic mass is 15.2. The van der Waals surface area contributed by atoms with E-state index in [0.717, 1.165) is 19.4 Å². The summed E-state index contributed by atoms with van der Waals surface area (Å²) in [5, 5.41) is 3.58. The predicted molar refractivity (Wildman–Crippen MR) is 69.3 cm³/mol. The molecule has 0 aliphatic rings. The van der Waals surface area contributed by atoms with Gasteiger partial charge in [0.1, 0.15) is 0 Å². The fourth-order valence-electron chi connectivity index (χ4n) is 1.65. The molecule has 90 valence electrons. The van der Waals surface area contributed by atoms with Gasteiger partial charge in [-0.3, -0.25) is 0 Å². The minimum atomic E-state index is 0.186. The van der Waals surface area contributed by atoms with Gasteiger partial charge in [-0.25, -0.2) is 0 Å². The van der Waals surface area contributed by atoms with E-state index in [1.165, 1.54) is 5.57 Å². The van der Waals surface area contributed by atoms with E-state index in [1.54, 1.807) is 0 Å². The van der Waals surface area contributed by atoms with Crippen LogP contribution in [0.5, 0.6) is 0 Å². The number of nitrogens with one attached hydrogen (secondary N) is 1. The van der Waals surface area contributed by atoms with Crippen LogP contribution in [0.4, 0.5) is 0 Å². The van der Waals surface area contributed by atoms with E-state index in [1.807, 2.05) is 0 Å². The summed E-state index contributed by atoms with van der Waals surface area (Å²) in [5.41, 5.74) is 1.46.